The van der Waals surface area contributed by atoms with Gasteiger partial charge >= 0.3 is 0 Å². The highest BCUT2D eigenvalue weighted by molar-refractivity contribution is 14.1. The Bertz CT molecular complexity index is 449. The lowest BCUT2D eigenvalue weighted by Crippen LogP contribution is -2.43. The molecule has 0 aliphatic heterocycles. The van der Waals surface area contributed by atoms with Crippen LogP contribution in [0.3, 0.4) is 0 Å². The normalized spacial score (nSPS) is 9.94. The lowest BCUT2D eigenvalue weighted by molar-refractivity contribution is -0.126. The molecule has 1 aromatic carbocycles. The Balaban J connectivity index is 2.50. The summed E-state index contributed by atoms with van der Waals surface area (Å²) in [7, 11) is 0. The summed E-state index contributed by atoms with van der Waals surface area (Å²) in [6.07, 6.45) is 0. The molecule has 0 heterocycles. The van der Waals surface area contributed by atoms with Gasteiger partial charge in [0.15, 0.2) is 0 Å². The van der Waals surface area contributed by atoms with Gasteiger partial charge < -0.3 is 4.74 Å². The summed E-state index contributed by atoms with van der Waals surface area (Å²) in [6, 6.07) is 5.33. The molecule has 18 heavy (non-hydrogen) atoms. The molecule has 0 aliphatic carbocycles. The monoisotopic (exact) mass is 362 g/mol. The minimum absolute atomic E-state index is 0.0672. The molecule has 0 saturated heterocycles. The largest absolute Gasteiger partial charge is 0.372 e. The first-order valence-corrected chi connectivity index (χ1v) is 6.55. The molecule has 0 aliphatic rings. The molecule has 0 saturated carbocycles. The third kappa shape index (κ3) is 4.61. The molecular formula is C12H15IN2O3. The van der Waals surface area contributed by atoms with Crippen molar-refractivity contribution in [2.24, 2.45) is 0 Å². The number of halogens is 1. The zero-order chi connectivity index (χ0) is 13.5. The Kier molecular flexibility index (Phi) is 6.06. The topological polar surface area (TPSA) is 67.4 Å². The lowest BCUT2D eigenvalue weighted by Gasteiger charge is -2.08. The van der Waals surface area contributed by atoms with Crippen molar-refractivity contribution in [3.63, 3.8) is 0 Å². The first kappa shape index (κ1) is 14.9. The predicted octanol–water partition coefficient (Wildman–Crippen LogP) is 1.40. The highest BCUT2D eigenvalue weighted by Gasteiger charge is 2.08. The van der Waals surface area contributed by atoms with Crippen LogP contribution >= 0.6 is 22.6 Å². The van der Waals surface area contributed by atoms with Crippen LogP contribution in [0.5, 0.6) is 0 Å². The van der Waals surface area contributed by atoms with Gasteiger partial charge in [0.25, 0.3) is 11.8 Å². The van der Waals surface area contributed by atoms with Crippen LogP contribution in [0.2, 0.25) is 0 Å². The zero-order valence-corrected chi connectivity index (χ0v) is 12.4. The summed E-state index contributed by atoms with van der Waals surface area (Å²) in [5, 5.41) is 0. The number of carbonyl (C=O) groups is 2. The Labute approximate surface area is 119 Å². The molecule has 0 aromatic heterocycles. The molecule has 2 amide bonds. The molecule has 0 bridgehead atoms. The SMILES string of the molecule is CCOCC(=O)NNC(=O)c1ccc(C)c(I)c1. The quantitative estimate of drug-likeness (QED) is 0.629. The van der Waals surface area contributed by atoms with Crippen molar-refractivity contribution in [2.75, 3.05) is 13.2 Å². The van der Waals surface area contributed by atoms with Crippen LogP contribution in [0.4, 0.5) is 0 Å². The Morgan fingerprint density at radius 1 is 1.33 bits per heavy atom. The average Bonchev–Trinajstić information content (AvgIpc) is 2.36. The minimum Gasteiger partial charge on any atom is -0.372 e. The summed E-state index contributed by atoms with van der Waals surface area (Å²) in [5.41, 5.74) is 6.22. The maximum Gasteiger partial charge on any atom is 0.269 e. The van der Waals surface area contributed by atoms with Crippen LogP contribution in [0.25, 0.3) is 0 Å². The van der Waals surface area contributed by atoms with Gasteiger partial charge in [-0.25, -0.2) is 0 Å². The molecule has 0 radical (unpaired) electrons. The number of amides is 2. The van der Waals surface area contributed by atoms with Gasteiger partial charge in [0.05, 0.1) is 0 Å². The fraction of sp³-hybridized carbons (Fsp3) is 0.333. The van der Waals surface area contributed by atoms with Gasteiger partial charge in [-0.15, -0.1) is 0 Å². The Hall–Kier alpha value is -1.15. The molecule has 6 heteroatoms. The van der Waals surface area contributed by atoms with Gasteiger partial charge in [-0.05, 0) is 54.1 Å². The highest BCUT2D eigenvalue weighted by atomic mass is 127. The molecule has 0 atom stereocenters. The first-order valence-electron chi connectivity index (χ1n) is 5.47. The summed E-state index contributed by atoms with van der Waals surface area (Å²) < 4.78 is 5.90. The molecule has 0 unspecified atom stereocenters. The smallest absolute Gasteiger partial charge is 0.269 e. The van der Waals surface area contributed by atoms with Crippen LogP contribution in [0.1, 0.15) is 22.8 Å². The number of hydrogen-bond donors (Lipinski definition) is 2. The summed E-state index contributed by atoms with van der Waals surface area (Å²) in [4.78, 5) is 22.9. The van der Waals surface area contributed by atoms with Gasteiger partial charge in [0, 0.05) is 15.7 Å². The third-order valence-corrected chi connectivity index (χ3v) is 3.35. The van der Waals surface area contributed by atoms with Crippen molar-refractivity contribution in [3.05, 3.63) is 32.9 Å². The fourth-order valence-corrected chi connectivity index (χ4v) is 1.68. The molecule has 2 N–H and O–H groups in total. The highest BCUT2D eigenvalue weighted by Crippen LogP contribution is 2.13. The van der Waals surface area contributed by atoms with E-state index >= 15 is 0 Å². The van der Waals surface area contributed by atoms with Crippen LogP contribution < -0.4 is 10.9 Å². The second kappa shape index (κ2) is 7.32. The van der Waals surface area contributed by atoms with Crippen LogP contribution in [-0.4, -0.2) is 25.0 Å². The van der Waals surface area contributed by atoms with Crippen LogP contribution in [-0.2, 0) is 9.53 Å². The number of benzene rings is 1. The molecule has 1 aromatic rings. The van der Waals surface area contributed by atoms with Crippen molar-refractivity contribution in [1.29, 1.82) is 0 Å². The van der Waals surface area contributed by atoms with Gasteiger partial charge in [-0.3, -0.25) is 20.4 Å². The zero-order valence-electron chi connectivity index (χ0n) is 10.2. The molecule has 5 nitrogen and oxygen atoms in total. The van der Waals surface area contributed by atoms with Crippen molar-refractivity contribution in [1.82, 2.24) is 10.9 Å². The number of aryl methyl sites for hydroxylation is 1. The van der Waals surface area contributed by atoms with E-state index in [1.807, 2.05) is 13.0 Å². The van der Waals surface area contributed by atoms with Crippen molar-refractivity contribution < 1.29 is 14.3 Å². The number of nitrogens with one attached hydrogen (secondary N) is 2. The van der Waals surface area contributed by atoms with Crippen LogP contribution in [0.15, 0.2) is 18.2 Å². The standard InChI is InChI=1S/C12H15IN2O3/c1-3-18-7-11(16)14-15-12(17)9-5-4-8(2)10(13)6-9/h4-6H,3,7H2,1-2H3,(H,14,16)(H,15,17). The van der Waals surface area contributed by atoms with E-state index in [4.69, 9.17) is 4.74 Å². The summed E-state index contributed by atoms with van der Waals surface area (Å²) in [6.45, 7) is 4.15. The molecule has 98 valence electrons. The van der Waals surface area contributed by atoms with E-state index in [9.17, 15) is 9.59 Å². The lowest BCUT2D eigenvalue weighted by atomic mass is 10.1. The van der Waals surface area contributed by atoms with Crippen molar-refractivity contribution >= 4 is 34.4 Å². The van der Waals surface area contributed by atoms with E-state index in [1.54, 1.807) is 19.1 Å². The Morgan fingerprint density at radius 3 is 2.67 bits per heavy atom. The molecule has 0 spiro atoms. The van der Waals surface area contributed by atoms with Gasteiger partial charge in [0.1, 0.15) is 6.61 Å². The van der Waals surface area contributed by atoms with E-state index in [-0.39, 0.29) is 18.4 Å². The van der Waals surface area contributed by atoms with E-state index in [0.717, 1.165) is 9.13 Å². The summed E-state index contributed by atoms with van der Waals surface area (Å²) >= 11 is 2.16. The molecular weight excluding hydrogens is 347 g/mol. The average molecular weight is 362 g/mol. The van der Waals surface area contributed by atoms with Gasteiger partial charge in [-0.2, -0.15) is 0 Å². The van der Waals surface area contributed by atoms with Crippen LogP contribution in [0, 0.1) is 10.5 Å². The minimum atomic E-state index is -0.382. The second-order valence-electron chi connectivity index (χ2n) is 3.60. The Morgan fingerprint density at radius 2 is 2.06 bits per heavy atom. The molecule has 1 rings (SSSR count). The second-order valence-corrected chi connectivity index (χ2v) is 4.77. The number of carbonyl (C=O) groups excluding carboxylic acids is 2. The van der Waals surface area contributed by atoms with Gasteiger partial charge in [0.2, 0.25) is 0 Å². The van der Waals surface area contributed by atoms with E-state index in [0.29, 0.717) is 12.2 Å². The van der Waals surface area contributed by atoms with E-state index in [2.05, 4.69) is 33.4 Å². The molecule has 0 fully saturated rings. The van der Waals surface area contributed by atoms with Gasteiger partial charge in [-0.1, -0.05) is 6.07 Å². The van der Waals surface area contributed by atoms with Crippen molar-refractivity contribution in [3.8, 4) is 0 Å². The predicted molar refractivity (Wildman–Crippen MR) is 76.0 cm³/mol. The number of rotatable bonds is 4. The number of hydrazine groups is 1. The van der Waals surface area contributed by atoms with Crippen molar-refractivity contribution in [2.45, 2.75) is 13.8 Å². The third-order valence-electron chi connectivity index (χ3n) is 2.19. The fourth-order valence-electron chi connectivity index (χ4n) is 1.16. The number of hydrogen-bond acceptors (Lipinski definition) is 3. The maximum absolute atomic E-state index is 11.7. The summed E-state index contributed by atoms with van der Waals surface area (Å²) in [5.74, 6) is -0.732. The number of ether oxygens (including phenoxy) is 1. The first-order chi connectivity index (χ1) is 8.54. The maximum atomic E-state index is 11.7. The van der Waals surface area contributed by atoms with E-state index in [1.165, 1.54) is 0 Å². The van der Waals surface area contributed by atoms with E-state index < -0.39 is 0 Å².